The third kappa shape index (κ3) is 1.81. The van der Waals surface area contributed by atoms with Crippen LogP contribution in [0.1, 0.15) is 17.0 Å². The van der Waals surface area contributed by atoms with Gasteiger partial charge in [-0.05, 0) is 29.8 Å². The molecule has 0 atom stereocenters. The van der Waals surface area contributed by atoms with Crippen molar-refractivity contribution >= 4 is 0 Å². The van der Waals surface area contributed by atoms with Gasteiger partial charge in [0.05, 0.1) is 36.7 Å². The van der Waals surface area contributed by atoms with E-state index in [0.717, 1.165) is 18.9 Å². The molecule has 0 aliphatic carbocycles. The molecular weight excluding hydrogens is 214 g/mol. The lowest BCUT2D eigenvalue weighted by Gasteiger charge is -2.24. The van der Waals surface area contributed by atoms with Gasteiger partial charge in [-0.1, -0.05) is 0 Å². The Morgan fingerprint density at radius 2 is 2.06 bits per heavy atom. The van der Waals surface area contributed by atoms with Gasteiger partial charge in [-0.15, -0.1) is 0 Å². The van der Waals surface area contributed by atoms with Crippen LogP contribution < -0.4 is 0 Å². The number of nitriles is 1. The normalized spacial score (nSPS) is 15.2. The fourth-order valence-electron chi connectivity index (χ4n) is 1.81. The highest BCUT2D eigenvalue weighted by Crippen LogP contribution is 2.24. The van der Waals surface area contributed by atoms with E-state index in [1.54, 1.807) is 12.1 Å². The summed E-state index contributed by atoms with van der Waals surface area (Å²) in [6.45, 7) is 1.58. The third-order valence-corrected chi connectivity index (χ3v) is 2.97. The molecule has 2 heterocycles. The van der Waals surface area contributed by atoms with Gasteiger partial charge in [-0.25, -0.2) is 4.68 Å². The van der Waals surface area contributed by atoms with Gasteiger partial charge in [0.25, 0.3) is 0 Å². The summed E-state index contributed by atoms with van der Waals surface area (Å²) in [7, 11) is 0. The molecule has 0 amide bonds. The molecule has 3 rings (SSSR count). The predicted molar refractivity (Wildman–Crippen MR) is 61.8 cm³/mol. The molecule has 17 heavy (non-hydrogen) atoms. The lowest BCUT2D eigenvalue weighted by atomic mass is 10.0. The van der Waals surface area contributed by atoms with E-state index in [2.05, 4.69) is 11.2 Å². The van der Waals surface area contributed by atoms with Gasteiger partial charge in [-0.2, -0.15) is 10.4 Å². The number of nitrogens with zero attached hydrogens (tertiary/aromatic N) is 3. The van der Waals surface area contributed by atoms with Gasteiger partial charge in [0.1, 0.15) is 0 Å². The minimum atomic E-state index is 0.488. The van der Waals surface area contributed by atoms with Crippen molar-refractivity contribution < 1.29 is 4.74 Å². The van der Waals surface area contributed by atoms with Crippen molar-refractivity contribution in [2.45, 2.75) is 5.92 Å². The third-order valence-electron chi connectivity index (χ3n) is 2.97. The Kier molecular flexibility index (Phi) is 2.39. The molecule has 1 aromatic carbocycles. The summed E-state index contributed by atoms with van der Waals surface area (Å²) in [6, 6.07) is 9.48. The van der Waals surface area contributed by atoms with E-state index in [1.807, 2.05) is 29.2 Å². The number of ether oxygens (including phenoxy) is 1. The molecule has 4 nitrogen and oxygen atoms in total. The summed E-state index contributed by atoms with van der Waals surface area (Å²) in [4.78, 5) is 0. The van der Waals surface area contributed by atoms with Crippen LogP contribution in [-0.2, 0) is 4.74 Å². The van der Waals surface area contributed by atoms with Gasteiger partial charge < -0.3 is 4.74 Å². The van der Waals surface area contributed by atoms with Crippen molar-refractivity contribution in [3.05, 3.63) is 47.8 Å². The van der Waals surface area contributed by atoms with E-state index < -0.39 is 0 Å². The largest absolute Gasteiger partial charge is 0.380 e. The van der Waals surface area contributed by atoms with Crippen molar-refractivity contribution in [1.82, 2.24) is 9.78 Å². The zero-order valence-electron chi connectivity index (χ0n) is 9.21. The molecule has 0 N–H and O–H groups in total. The number of hydrogen-bond acceptors (Lipinski definition) is 3. The van der Waals surface area contributed by atoms with Crippen molar-refractivity contribution in [2.24, 2.45) is 0 Å². The molecule has 1 fully saturated rings. The van der Waals surface area contributed by atoms with Crippen molar-refractivity contribution in [3.63, 3.8) is 0 Å². The Morgan fingerprint density at radius 1 is 1.29 bits per heavy atom. The molecule has 0 radical (unpaired) electrons. The zero-order valence-corrected chi connectivity index (χ0v) is 9.21. The smallest absolute Gasteiger partial charge is 0.0991 e. The molecule has 0 bridgehead atoms. The summed E-state index contributed by atoms with van der Waals surface area (Å²) >= 11 is 0. The molecular formula is C13H11N3O. The van der Waals surface area contributed by atoms with Gasteiger partial charge in [0.2, 0.25) is 0 Å². The van der Waals surface area contributed by atoms with Crippen LogP contribution in [0.5, 0.6) is 0 Å². The second-order valence-corrected chi connectivity index (χ2v) is 4.11. The second kappa shape index (κ2) is 4.04. The van der Waals surface area contributed by atoms with E-state index in [0.29, 0.717) is 11.5 Å². The predicted octanol–water partition coefficient (Wildman–Crippen LogP) is 1.86. The van der Waals surface area contributed by atoms with E-state index in [4.69, 9.17) is 10.00 Å². The highest BCUT2D eigenvalue weighted by atomic mass is 16.5. The average Bonchev–Trinajstić information content (AvgIpc) is 2.76. The molecule has 1 aromatic heterocycles. The molecule has 84 valence electrons. The number of benzene rings is 1. The Morgan fingerprint density at radius 3 is 2.65 bits per heavy atom. The molecule has 1 saturated heterocycles. The first kappa shape index (κ1) is 10.1. The Balaban J connectivity index is 1.87. The standard InChI is InChI=1S/C13H11N3O/c14-5-10-1-3-13(4-2-10)16-7-11(6-15-16)12-8-17-9-12/h1-4,6-7,12H,8-9H2. The van der Waals surface area contributed by atoms with Crippen LogP contribution in [0.15, 0.2) is 36.7 Å². The van der Waals surface area contributed by atoms with E-state index in [-0.39, 0.29) is 0 Å². The van der Waals surface area contributed by atoms with Crippen LogP contribution >= 0.6 is 0 Å². The molecule has 0 unspecified atom stereocenters. The average molecular weight is 225 g/mol. The SMILES string of the molecule is N#Cc1ccc(-n2cc(C3COC3)cn2)cc1. The Hall–Kier alpha value is -2.12. The summed E-state index contributed by atoms with van der Waals surface area (Å²) in [5.41, 5.74) is 2.84. The molecule has 0 saturated carbocycles. The van der Waals surface area contributed by atoms with E-state index >= 15 is 0 Å². The fourth-order valence-corrected chi connectivity index (χ4v) is 1.81. The topological polar surface area (TPSA) is 50.8 Å². The fraction of sp³-hybridized carbons (Fsp3) is 0.231. The maximum Gasteiger partial charge on any atom is 0.0991 e. The van der Waals surface area contributed by atoms with Gasteiger partial charge >= 0.3 is 0 Å². The summed E-state index contributed by atoms with van der Waals surface area (Å²) in [5.74, 6) is 0.488. The minimum absolute atomic E-state index is 0.488. The van der Waals surface area contributed by atoms with Crippen molar-refractivity contribution in [1.29, 1.82) is 5.26 Å². The monoisotopic (exact) mass is 225 g/mol. The Bertz CT molecular complexity index is 561. The van der Waals surface area contributed by atoms with Crippen LogP contribution in [0, 0.1) is 11.3 Å². The maximum atomic E-state index is 8.73. The van der Waals surface area contributed by atoms with Crippen LogP contribution in [0.2, 0.25) is 0 Å². The number of rotatable bonds is 2. The zero-order chi connectivity index (χ0) is 11.7. The summed E-state index contributed by atoms with van der Waals surface area (Å²) in [6.07, 6.45) is 3.90. The molecule has 1 aliphatic rings. The summed E-state index contributed by atoms with van der Waals surface area (Å²) in [5, 5.41) is 13.1. The van der Waals surface area contributed by atoms with Gasteiger partial charge in [0, 0.05) is 12.1 Å². The van der Waals surface area contributed by atoms with E-state index in [9.17, 15) is 0 Å². The van der Waals surface area contributed by atoms with Crippen LogP contribution in [0.25, 0.3) is 5.69 Å². The van der Waals surface area contributed by atoms with Crippen LogP contribution in [0.3, 0.4) is 0 Å². The quantitative estimate of drug-likeness (QED) is 0.783. The van der Waals surface area contributed by atoms with Crippen LogP contribution in [0.4, 0.5) is 0 Å². The molecule has 4 heteroatoms. The first-order valence-electron chi connectivity index (χ1n) is 5.49. The molecule has 0 spiro atoms. The lowest BCUT2D eigenvalue weighted by molar-refractivity contribution is 0.00841. The first-order chi connectivity index (χ1) is 8.36. The van der Waals surface area contributed by atoms with E-state index in [1.165, 1.54) is 5.56 Å². The number of aromatic nitrogens is 2. The maximum absolute atomic E-state index is 8.73. The van der Waals surface area contributed by atoms with Crippen LogP contribution in [-0.4, -0.2) is 23.0 Å². The highest BCUT2D eigenvalue weighted by molar-refractivity contribution is 5.39. The van der Waals surface area contributed by atoms with Crippen molar-refractivity contribution in [3.8, 4) is 11.8 Å². The number of hydrogen-bond donors (Lipinski definition) is 0. The first-order valence-corrected chi connectivity index (χ1v) is 5.49. The van der Waals surface area contributed by atoms with Gasteiger partial charge in [-0.3, -0.25) is 0 Å². The molecule has 2 aromatic rings. The minimum Gasteiger partial charge on any atom is -0.380 e. The lowest BCUT2D eigenvalue weighted by Crippen LogP contribution is -2.24. The Labute approximate surface area is 99.1 Å². The second-order valence-electron chi connectivity index (χ2n) is 4.11. The van der Waals surface area contributed by atoms with Gasteiger partial charge in [0.15, 0.2) is 0 Å². The highest BCUT2D eigenvalue weighted by Gasteiger charge is 2.21. The molecule has 1 aliphatic heterocycles. The summed E-state index contributed by atoms with van der Waals surface area (Å²) < 4.78 is 6.99. The van der Waals surface area contributed by atoms with Crippen molar-refractivity contribution in [2.75, 3.05) is 13.2 Å².